The molecular weight excluding hydrogens is 280 g/mol. The van der Waals surface area contributed by atoms with Crippen LogP contribution in [0.25, 0.3) is 0 Å². The molecule has 1 N–H and O–H groups in total. The number of morpholine rings is 1. The second kappa shape index (κ2) is 5.83. The molecule has 1 saturated carbocycles. The summed E-state index contributed by atoms with van der Waals surface area (Å²) in [5.74, 6) is 1.03. The lowest BCUT2D eigenvalue weighted by molar-refractivity contribution is -0.133. The molecule has 0 spiro atoms. The highest BCUT2D eigenvalue weighted by molar-refractivity contribution is 5.82. The Morgan fingerprint density at radius 2 is 2.14 bits per heavy atom. The molecule has 1 atom stereocenters. The SMILES string of the molecule is O=C(NC1CC1)C1CN(c2ncnc3c2CCCC3)CCO1. The fourth-order valence-corrected chi connectivity index (χ4v) is 3.30. The van der Waals surface area contributed by atoms with Crippen molar-refractivity contribution < 1.29 is 9.53 Å². The zero-order valence-corrected chi connectivity index (χ0v) is 12.8. The number of anilines is 1. The first-order chi connectivity index (χ1) is 10.8. The molecule has 2 fully saturated rings. The van der Waals surface area contributed by atoms with E-state index in [2.05, 4.69) is 20.2 Å². The Labute approximate surface area is 130 Å². The predicted molar refractivity (Wildman–Crippen MR) is 81.8 cm³/mol. The number of carbonyl (C=O) groups excluding carboxylic acids is 1. The van der Waals surface area contributed by atoms with Gasteiger partial charge in [-0.15, -0.1) is 0 Å². The first kappa shape index (κ1) is 13.9. The number of carbonyl (C=O) groups is 1. The number of rotatable bonds is 3. The highest BCUT2D eigenvalue weighted by Gasteiger charge is 2.32. The molecule has 0 radical (unpaired) electrons. The van der Waals surface area contributed by atoms with E-state index in [-0.39, 0.29) is 12.0 Å². The Morgan fingerprint density at radius 1 is 1.27 bits per heavy atom. The first-order valence-electron chi connectivity index (χ1n) is 8.31. The van der Waals surface area contributed by atoms with Gasteiger partial charge in [-0.2, -0.15) is 0 Å². The molecule has 1 aliphatic heterocycles. The summed E-state index contributed by atoms with van der Waals surface area (Å²) in [4.78, 5) is 23.4. The molecule has 6 nitrogen and oxygen atoms in total. The largest absolute Gasteiger partial charge is 0.365 e. The van der Waals surface area contributed by atoms with Crippen LogP contribution >= 0.6 is 0 Å². The molecule has 1 unspecified atom stereocenters. The van der Waals surface area contributed by atoms with Gasteiger partial charge in [0, 0.05) is 23.8 Å². The van der Waals surface area contributed by atoms with Crippen LogP contribution < -0.4 is 10.2 Å². The van der Waals surface area contributed by atoms with Crippen LogP contribution in [0.5, 0.6) is 0 Å². The van der Waals surface area contributed by atoms with Crippen molar-refractivity contribution in [3.8, 4) is 0 Å². The standard InChI is InChI=1S/C16H22N4O2/c21-16(19-11-5-6-11)14-9-20(7-8-22-14)15-12-3-1-2-4-13(12)17-10-18-15/h10-11,14H,1-9H2,(H,19,21). The quantitative estimate of drug-likeness (QED) is 0.896. The minimum atomic E-state index is -0.386. The number of aromatic nitrogens is 2. The number of aryl methyl sites for hydroxylation is 1. The Balaban J connectivity index is 1.51. The average Bonchev–Trinajstić information content (AvgIpc) is 3.38. The van der Waals surface area contributed by atoms with Crippen molar-refractivity contribution in [3.05, 3.63) is 17.6 Å². The summed E-state index contributed by atoms with van der Waals surface area (Å²) < 4.78 is 5.67. The van der Waals surface area contributed by atoms with E-state index in [0.717, 1.165) is 38.0 Å². The summed E-state index contributed by atoms with van der Waals surface area (Å²) in [5, 5.41) is 3.03. The predicted octanol–water partition coefficient (Wildman–Crippen LogP) is 0.839. The van der Waals surface area contributed by atoms with Gasteiger partial charge < -0.3 is 15.0 Å². The van der Waals surface area contributed by atoms with E-state index in [1.54, 1.807) is 6.33 Å². The smallest absolute Gasteiger partial charge is 0.251 e. The molecule has 1 amide bonds. The van der Waals surface area contributed by atoms with Crippen molar-refractivity contribution >= 4 is 11.7 Å². The van der Waals surface area contributed by atoms with E-state index in [0.29, 0.717) is 19.2 Å². The molecule has 6 heteroatoms. The number of amides is 1. The minimum absolute atomic E-state index is 0.0233. The van der Waals surface area contributed by atoms with Crippen LogP contribution in [-0.4, -0.2) is 47.7 Å². The molecule has 3 aliphatic rings. The van der Waals surface area contributed by atoms with Crippen molar-refractivity contribution in [1.29, 1.82) is 0 Å². The van der Waals surface area contributed by atoms with E-state index in [4.69, 9.17) is 4.74 Å². The molecule has 4 rings (SSSR count). The zero-order chi connectivity index (χ0) is 14.9. The summed E-state index contributed by atoms with van der Waals surface area (Å²) in [6.45, 7) is 1.94. The Bertz CT molecular complexity index is 573. The summed E-state index contributed by atoms with van der Waals surface area (Å²) in [6.07, 6.45) is 7.96. The lowest BCUT2D eigenvalue weighted by atomic mass is 9.96. The Morgan fingerprint density at radius 3 is 3.00 bits per heavy atom. The van der Waals surface area contributed by atoms with Crippen molar-refractivity contribution in [1.82, 2.24) is 15.3 Å². The highest BCUT2D eigenvalue weighted by Crippen LogP contribution is 2.28. The fraction of sp³-hybridized carbons (Fsp3) is 0.688. The maximum atomic E-state index is 12.2. The van der Waals surface area contributed by atoms with Crippen LogP contribution in [0.4, 0.5) is 5.82 Å². The van der Waals surface area contributed by atoms with Crippen molar-refractivity contribution in [2.45, 2.75) is 50.7 Å². The zero-order valence-electron chi connectivity index (χ0n) is 12.8. The molecule has 0 bridgehead atoms. The third-order valence-corrected chi connectivity index (χ3v) is 4.68. The number of hydrogen-bond donors (Lipinski definition) is 1. The molecule has 22 heavy (non-hydrogen) atoms. The number of ether oxygens (including phenoxy) is 1. The van der Waals surface area contributed by atoms with Gasteiger partial charge in [-0.05, 0) is 38.5 Å². The van der Waals surface area contributed by atoms with E-state index in [1.807, 2.05) is 0 Å². The minimum Gasteiger partial charge on any atom is -0.365 e. The third kappa shape index (κ3) is 2.79. The van der Waals surface area contributed by atoms with E-state index < -0.39 is 0 Å². The van der Waals surface area contributed by atoms with E-state index in [1.165, 1.54) is 24.1 Å². The summed E-state index contributed by atoms with van der Waals surface area (Å²) in [5.41, 5.74) is 2.46. The lowest BCUT2D eigenvalue weighted by Crippen LogP contribution is -2.50. The van der Waals surface area contributed by atoms with Gasteiger partial charge in [-0.1, -0.05) is 0 Å². The summed E-state index contributed by atoms with van der Waals surface area (Å²) in [6, 6.07) is 0.373. The molecule has 118 valence electrons. The Kier molecular flexibility index (Phi) is 3.70. The summed E-state index contributed by atoms with van der Waals surface area (Å²) >= 11 is 0. The van der Waals surface area contributed by atoms with E-state index in [9.17, 15) is 4.79 Å². The summed E-state index contributed by atoms with van der Waals surface area (Å²) in [7, 11) is 0. The highest BCUT2D eigenvalue weighted by atomic mass is 16.5. The van der Waals surface area contributed by atoms with Crippen molar-refractivity contribution in [3.63, 3.8) is 0 Å². The molecule has 2 heterocycles. The van der Waals surface area contributed by atoms with Gasteiger partial charge in [0.2, 0.25) is 0 Å². The molecule has 0 aromatic carbocycles. The third-order valence-electron chi connectivity index (χ3n) is 4.68. The van der Waals surface area contributed by atoms with Gasteiger partial charge in [0.1, 0.15) is 12.1 Å². The molecular formula is C16H22N4O2. The number of hydrogen-bond acceptors (Lipinski definition) is 5. The van der Waals surface area contributed by atoms with Crippen molar-refractivity contribution in [2.24, 2.45) is 0 Å². The van der Waals surface area contributed by atoms with Crippen LogP contribution in [-0.2, 0) is 22.4 Å². The van der Waals surface area contributed by atoms with Gasteiger partial charge >= 0.3 is 0 Å². The monoisotopic (exact) mass is 302 g/mol. The second-order valence-electron chi connectivity index (χ2n) is 6.42. The topological polar surface area (TPSA) is 67.4 Å². The van der Waals surface area contributed by atoms with Gasteiger partial charge in [0.15, 0.2) is 6.10 Å². The Hall–Kier alpha value is -1.69. The molecule has 2 aliphatic carbocycles. The van der Waals surface area contributed by atoms with Crippen LogP contribution in [0.2, 0.25) is 0 Å². The molecule has 1 aromatic rings. The van der Waals surface area contributed by atoms with Gasteiger partial charge in [0.25, 0.3) is 5.91 Å². The van der Waals surface area contributed by atoms with Crippen LogP contribution in [0.1, 0.15) is 36.9 Å². The maximum Gasteiger partial charge on any atom is 0.251 e. The van der Waals surface area contributed by atoms with Crippen molar-refractivity contribution in [2.75, 3.05) is 24.6 Å². The average molecular weight is 302 g/mol. The molecule has 1 saturated heterocycles. The number of nitrogens with one attached hydrogen (secondary N) is 1. The number of fused-ring (bicyclic) bond motifs is 1. The fourth-order valence-electron chi connectivity index (χ4n) is 3.30. The van der Waals surface area contributed by atoms with Gasteiger partial charge in [0.05, 0.1) is 13.2 Å². The second-order valence-corrected chi connectivity index (χ2v) is 6.42. The van der Waals surface area contributed by atoms with Gasteiger partial charge in [-0.25, -0.2) is 9.97 Å². The van der Waals surface area contributed by atoms with Gasteiger partial charge in [-0.3, -0.25) is 4.79 Å². The lowest BCUT2D eigenvalue weighted by Gasteiger charge is -2.34. The maximum absolute atomic E-state index is 12.2. The van der Waals surface area contributed by atoms with E-state index >= 15 is 0 Å². The van der Waals surface area contributed by atoms with Crippen LogP contribution in [0, 0.1) is 0 Å². The first-order valence-corrected chi connectivity index (χ1v) is 8.31. The van der Waals surface area contributed by atoms with Crippen LogP contribution in [0.3, 0.4) is 0 Å². The normalized spacial score (nSPS) is 24.7. The molecule has 1 aromatic heterocycles. The van der Waals surface area contributed by atoms with Crippen LogP contribution in [0.15, 0.2) is 6.33 Å². The number of nitrogens with zero attached hydrogens (tertiary/aromatic N) is 3.